The summed E-state index contributed by atoms with van der Waals surface area (Å²) in [5.74, 6) is 1.50. The van der Waals surface area contributed by atoms with E-state index < -0.39 is 0 Å². The van der Waals surface area contributed by atoms with E-state index in [1.165, 1.54) is 0 Å². The van der Waals surface area contributed by atoms with Crippen LogP contribution in [0.4, 0.5) is 0 Å². The first-order chi connectivity index (χ1) is 7.88. The molecule has 1 fully saturated rings. The summed E-state index contributed by atoms with van der Waals surface area (Å²) in [6, 6.07) is 0. The van der Waals surface area contributed by atoms with Crippen LogP contribution in [-0.2, 0) is 17.6 Å². The van der Waals surface area contributed by atoms with Gasteiger partial charge in [0.05, 0.1) is 6.10 Å². The predicted molar refractivity (Wildman–Crippen MR) is 59.0 cm³/mol. The van der Waals surface area contributed by atoms with Gasteiger partial charge in [-0.2, -0.15) is 4.98 Å². The molecular weight excluding hydrogens is 206 g/mol. The molecular formula is C11H19N3O2. The van der Waals surface area contributed by atoms with Crippen LogP contribution in [0.25, 0.3) is 0 Å². The topological polar surface area (TPSA) is 74.2 Å². The zero-order chi connectivity index (χ0) is 11.2. The Bertz CT molecular complexity index is 308. The Kier molecular flexibility index (Phi) is 4.30. The van der Waals surface area contributed by atoms with Crippen LogP contribution < -0.4 is 5.73 Å². The standard InChI is InChI=1S/C11H19N3O2/c12-6-2-1-5-11-13-10(14-16-11)8-9-4-3-7-15-9/h9H,1-8,12H2. The Morgan fingerprint density at radius 1 is 1.38 bits per heavy atom. The maximum atomic E-state index is 5.53. The normalized spacial score (nSPS) is 20.4. The molecule has 0 radical (unpaired) electrons. The number of unbranched alkanes of at least 4 members (excludes halogenated alkanes) is 1. The summed E-state index contributed by atoms with van der Waals surface area (Å²) < 4.78 is 10.7. The smallest absolute Gasteiger partial charge is 0.226 e. The highest BCUT2D eigenvalue weighted by molar-refractivity contribution is 4.89. The lowest BCUT2D eigenvalue weighted by Gasteiger charge is -2.03. The van der Waals surface area contributed by atoms with Crippen molar-refractivity contribution in [2.45, 2.75) is 44.6 Å². The van der Waals surface area contributed by atoms with Crippen LogP contribution >= 0.6 is 0 Å². The first-order valence-electron chi connectivity index (χ1n) is 6.01. The molecule has 0 bridgehead atoms. The Balaban J connectivity index is 1.77. The van der Waals surface area contributed by atoms with Gasteiger partial charge in [-0.1, -0.05) is 5.16 Å². The van der Waals surface area contributed by atoms with Crippen LogP contribution in [0.5, 0.6) is 0 Å². The van der Waals surface area contributed by atoms with Gasteiger partial charge in [0.2, 0.25) is 5.89 Å². The Morgan fingerprint density at radius 3 is 3.06 bits per heavy atom. The van der Waals surface area contributed by atoms with Gasteiger partial charge < -0.3 is 15.0 Å². The summed E-state index contributed by atoms with van der Waals surface area (Å²) >= 11 is 0. The third kappa shape index (κ3) is 3.28. The van der Waals surface area contributed by atoms with E-state index in [2.05, 4.69) is 10.1 Å². The third-order valence-electron chi connectivity index (χ3n) is 2.79. The summed E-state index contributed by atoms with van der Waals surface area (Å²) in [6.07, 6.45) is 6.16. The molecule has 1 aromatic heterocycles. The van der Waals surface area contributed by atoms with Crippen molar-refractivity contribution in [2.24, 2.45) is 5.73 Å². The summed E-state index contributed by atoms with van der Waals surface area (Å²) in [7, 11) is 0. The van der Waals surface area contributed by atoms with E-state index in [0.29, 0.717) is 0 Å². The van der Waals surface area contributed by atoms with Crippen molar-refractivity contribution < 1.29 is 9.26 Å². The fourth-order valence-corrected chi connectivity index (χ4v) is 1.90. The lowest BCUT2D eigenvalue weighted by atomic mass is 10.2. The molecule has 1 aliphatic heterocycles. The van der Waals surface area contributed by atoms with Crippen LogP contribution in [0.3, 0.4) is 0 Å². The van der Waals surface area contributed by atoms with Gasteiger partial charge in [0.15, 0.2) is 5.82 Å². The highest BCUT2D eigenvalue weighted by Crippen LogP contribution is 2.15. The number of nitrogens with zero attached hydrogens (tertiary/aromatic N) is 2. The molecule has 0 spiro atoms. The molecule has 5 nitrogen and oxygen atoms in total. The van der Waals surface area contributed by atoms with Crippen molar-refractivity contribution in [1.29, 1.82) is 0 Å². The molecule has 1 unspecified atom stereocenters. The molecule has 5 heteroatoms. The predicted octanol–water partition coefficient (Wildman–Crippen LogP) is 1.07. The average molecular weight is 225 g/mol. The molecule has 2 heterocycles. The molecule has 0 aromatic carbocycles. The van der Waals surface area contributed by atoms with Gasteiger partial charge in [-0.05, 0) is 32.2 Å². The second-order valence-corrected chi connectivity index (χ2v) is 4.19. The van der Waals surface area contributed by atoms with Gasteiger partial charge in [-0.3, -0.25) is 0 Å². The molecule has 1 aromatic rings. The Hall–Kier alpha value is -0.940. The lowest BCUT2D eigenvalue weighted by molar-refractivity contribution is 0.109. The number of hydrogen-bond acceptors (Lipinski definition) is 5. The molecule has 0 aliphatic carbocycles. The van der Waals surface area contributed by atoms with Crippen LogP contribution in [0, 0.1) is 0 Å². The van der Waals surface area contributed by atoms with E-state index in [4.69, 9.17) is 15.0 Å². The van der Waals surface area contributed by atoms with Gasteiger partial charge in [-0.15, -0.1) is 0 Å². The fraction of sp³-hybridized carbons (Fsp3) is 0.818. The first-order valence-corrected chi connectivity index (χ1v) is 6.01. The van der Waals surface area contributed by atoms with Crippen LogP contribution in [-0.4, -0.2) is 29.4 Å². The minimum Gasteiger partial charge on any atom is -0.378 e. The SMILES string of the molecule is NCCCCc1nc(CC2CCCO2)no1. The van der Waals surface area contributed by atoms with E-state index in [9.17, 15) is 0 Å². The summed E-state index contributed by atoms with van der Waals surface area (Å²) in [6.45, 7) is 1.59. The van der Waals surface area contributed by atoms with Crippen molar-refractivity contribution in [1.82, 2.24) is 10.1 Å². The van der Waals surface area contributed by atoms with Gasteiger partial charge in [0.1, 0.15) is 0 Å². The van der Waals surface area contributed by atoms with Crippen molar-refractivity contribution in [3.8, 4) is 0 Å². The molecule has 16 heavy (non-hydrogen) atoms. The van der Waals surface area contributed by atoms with E-state index >= 15 is 0 Å². The monoisotopic (exact) mass is 225 g/mol. The van der Waals surface area contributed by atoms with Gasteiger partial charge in [-0.25, -0.2) is 0 Å². The van der Waals surface area contributed by atoms with E-state index in [1.54, 1.807) is 0 Å². The summed E-state index contributed by atoms with van der Waals surface area (Å²) in [4.78, 5) is 4.35. The molecule has 2 N–H and O–H groups in total. The first kappa shape index (κ1) is 11.5. The maximum Gasteiger partial charge on any atom is 0.226 e. The lowest BCUT2D eigenvalue weighted by Crippen LogP contribution is -2.09. The molecule has 0 saturated carbocycles. The molecule has 1 atom stereocenters. The zero-order valence-electron chi connectivity index (χ0n) is 9.52. The number of ether oxygens (including phenoxy) is 1. The number of rotatable bonds is 6. The highest BCUT2D eigenvalue weighted by atomic mass is 16.5. The van der Waals surface area contributed by atoms with Gasteiger partial charge >= 0.3 is 0 Å². The molecule has 90 valence electrons. The summed E-state index contributed by atoms with van der Waals surface area (Å²) in [5.41, 5.74) is 5.42. The van der Waals surface area contributed by atoms with E-state index in [-0.39, 0.29) is 6.10 Å². The molecule has 2 rings (SSSR count). The fourth-order valence-electron chi connectivity index (χ4n) is 1.90. The summed E-state index contributed by atoms with van der Waals surface area (Å²) in [5, 5.41) is 3.96. The van der Waals surface area contributed by atoms with Gasteiger partial charge in [0, 0.05) is 19.4 Å². The minimum atomic E-state index is 0.287. The highest BCUT2D eigenvalue weighted by Gasteiger charge is 2.18. The van der Waals surface area contributed by atoms with Crippen LogP contribution in [0.15, 0.2) is 4.52 Å². The minimum absolute atomic E-state index is 0.287. The Morgan fingerprint density at radius 2 is 2.31 bits per heavy atom. The van der Waals surface area contributed by atoms with Crippen LogP contribution in [0.2, 0.25) is 0 Å². The van der Waals surface area contributed by atoms with Crippen molar-refractivity contribution in [2.75, 3.05) is 13.2 Å². The average Bonchev–Trinajstić information content (AvgIpc) is 2.91. The number of nitrogens with two attached hydrogens (primary N) is 1. The quantitative estimate of drug-likeness (QED) is 0.733. The molecule has 0 amide bonds. The Labute approximate surface area is 95.3 Å². The van der Waals surface area contributed by atoms with E-state index in [1.807, 2.05) is 0 Å². The second kappa shape index (κ2) is 5.96. The number of hydrogen-bond donors (Lipinski definition) is 1. The largest absolute Gasteiger partial charge is 0.378 e. The van der Waals surface area contributed by atoms with Crippen molar-refractivity contribution in [3.05, 3.63) is 11.7 Å². The maximum absolute atomic E-state index is 5.53. The van der Waals surface area contributed by atoms with Crippen molar-refractivity contribution in [3.63, 3.8) is 0 Å². The molecule has 1 aliphatic rings. The van der Waals surface area contributed by atoms with Gasteiger partial charge in [0.25, 0.3) is 0 Å². The molecule has 1 saturated heterocycles. The van der Waals surface area contributed by atoms with E-state index in [0.717, 1.165) is 63.4 Å². The van der Waals surface area contributed by atoms with Crippen molar-refractivity contribution >= 4 is 0 Å². The number of aromatic nitrogens is 2. The number of aryl methyl sites for hydroxylation is 1. The van der Waals surface area contributed by atoms with Crippen LogP contribution in [0.1, 0.15) is 37.4 Å². The zero-order valence-corrected chi connectivity index (χ0v) is 9.52. The second-order valence-electron chi connectivity index (χ2n) is 4.19. The third-order valence-corrected chi connectivity index (χ3v) is 2.79.